The van der Waals surface area contributed by atoms with Crippen molar-refractivity contribution in [2.24, 2.45) is 0 Å². The molecule has 1 amide bonds. The highest BCUT2D eigenvalue weighted by atomic mass is 35.5. The summed E-state index contributed by atoms with van der Waals surface area (Å²) in [5.41, 5.74) is 4.87. The SMILES string of the molecule is CCOCCn1c(N2CCCN(CCC3(c4ccccc4)CCN(C(=O)c4cc(Cn5cnnn5)ccc4OC)C3)CC2)nc2ccccc21.Cl. The molecule has 7 rings (SSSR count). The summed E-state index contributed by atoms with van der Waals surface area (Å²) in [6.45, 7) is 10.9. The zero-order valence-electron chi connectivity index (χ0n) is 29.6. The van der Waals surface area contributed by atoms with Gasteiger partial charge in [0.25, 0.3) is 5.91 Å². The van der Waals surface area contributed by atoms with Crippen molar-refractivity contribution in [1.29, 1.82) is 0 Å². The number of benzene rings is 3. The molecule has 0 radical (unpaired) electrons. The molecule has 0 spiro atoms. The fraction of sp³-hybridized carbons (Fsp3) is 0.447. The first kappa shape index (κ1) is 36.3. The van der Waals surface area contributed by atoms with Gasteiger partial charge in [0.2, 0.25) is 5.95 Å². The Hall–Kier alpha value is -4.52. The molecule has 12 nitrogen and oxygen atoms in total. The van der Waals surface area contributed by atoms with Crippen LogP contribution in [0.2, 0.25) is 0 Å². The Kier molecular flexibility index (Phi) is 11.9. The number of rotatable bonds is 13. The molecule has 2 aliphatic heterocycles. The van der Waals surface area contributed by atoms with Crippen molar-refractivity contribution in [3.05, 3.63) is 95.8 Å². The summed E-state index contributed by atoms with van der Waals surface area (Å²) in [5.74, 6) is 1.61. The number of amides is 1. The van der Waals surface area contributed by atoms with Crippen LogP contribution in [0.15, 0.2) is 79.1 Å². The quantitative estimate of drug-likeness (QED) is 0.157. The van der Waals surface area contributed by atoms with Crippen molar-refractivity contribution in [3.8, 4) is 5.75 Å². The number of halogens is 1. The zero-order chi connectivity index (χ0) is 34.3. The maximum Gasteiger partial charge on any atom is 0.257 e. The van der Waals surface area contributed by atoms with E-state index in [9.17, 15) is 4.79 Å². The van der Waals surface area contributed by atoms with Crippen LogP contribution < -0.4 is 9.64 Å². The summed E-state index contributed by atoms with van der Waals surface area (Å²) < 4.78 is 15.4. The van der Waals surface area contributed by atoms with Gasteiger partial charge in [-0.3, -0.25) is 4.79 Å². The maximum absolute atomic E-state index is 14.2. The topological polar surface area (TPSA) is 107 Å². The van der Waals surface area contributed by atoms with Gasteiger partial charge in [0.1, 0.15) is 12.1 Å². The Morgan fingerprint density at radius 1 is 0.941 bits per heavy atom. The average Bonchev–Trinajstić information content (AvgIpc) is 3.88. The van der Waals surface area contributed by atoms with Gasteiger partial charge in [-0.15, -0.1) is 17.5 Å². The molecule has 1 atom stereocenters. The van der Waals surface area contributed by atoms with E-state index >= 15 is 0 Å². The molecule has 3 aromatic carbocycles. The van der Waals surface area contributed by atoms with Crippen LogP contribution in [0.5, 0.6) is 5.75 Å². The summed E-state index contributed by atoms with van der Waals surface area (Å²) in [6.07, 6.45) is 4.53. The highest BCUT2D eigenvalue weighted by Gasteiger charge is 2.42. The van der Waals surface area contributed by atoms with E-state index in [4.69, 9.17) is 14.5 Å². The predicted molar refractivity (Wildman–Crippen MR) is 200 cm³/mol. The minimum Gasteiger partial charge on any atom is -0.496 e. The Bertz CT molecular complexity index is 1870. The number of fused-ring (bicyclic) bond motifs is 1. The molecule has 2 aromatic heterocycles. The second-order valence-corrected chi connectivity index (χ2v) is 13.3. The van der Waals surface area contributed by atoms with Gasteiger partial charge >= 0.3 is 0 Å². The van der Waals surface area contributed by atoms with E-state index in [1.807, 2.05) is 30.0 Å². The minimum absolute atomic E-state index is 0. The molecular formula is C38H48ClN9O3. The van der Waals surface area contributed by atoms with Gasteiger partial charge in [0, 0.05) is 51.3 Å². The van der Waals surface area contributed by atoms with Crippen LogP contribution in [0.3, 0.4) is 0 Å². The number of carbonyl (C=O) groups excluding carboxylic acids is 1. The highest BCUT2D eigenvalue weighted by Crippen LogP contribution is 2.39. The van der Waals surface area contributed by atoms with Gasteiger partial charge in [-0.2, -0.15) is 0 Å². The van der Waals surface area contributed by atoms with Gasteiger partial charge in [-0.05, 0) is 85.1 Å². The van der Waals surface area contributed by atoms with Crippen molar-refractivity contribution in [3.63, 3.8) is 0 Å². The first-order valence-corrected chi connectivity index (χ1v) is 17.8. The van der Waals surface area contributed by atoms with Crippen molar-refractivity contribution < 1.29 is 14.3 Å². The summed E-state index contributed by atoms with van der Waals surface area (Å²) in [7, 11) is 1.62. The van der Waals surface area contributed by atoms with Gasteiger partial charge in [0.15, 0.2) is 0 Å². The Morgan fingerprint density at radius 2 is 1.78 bits per heavy atom. The number of methoxy groups -OCH3 is 1. The molecule has 4 heterocycles. The number of tetrazole rings is 1. The predicted octanol–water partition coefficient (Wildman–Crippen LogP) is 4.92. The Morgan fingerprint density at radius 3 is 2.59 bits per heavy atom. The third-order valence-corrected chi connectivity index (χ3v) is 10.3. The number of carbonyl (C=O) groups is 1. The average molecular weight is 714 g/mol. The fourth-order valence-electron chi connectivity index (χ4n) is 7.64. The molecule has 51 heavy (non-hydrogen) atoms. The van der Waals surface area contributed by atoms with Gasteiger partial charge < -0.3 is 28.7 Å². The maximum atomic E-state index is 14.2. The lowest BCUT2D eigenvalue weighted by atomic mass is 9.76. The van der Waals surface area contributed by atoms with Crippen molar-refractivity contribution in [2.75, 3.05) is 71.0 Å². The molecule has 2 fully saturated rings. The first-order chi connectivity index (χ1) is 24.6. The largest absolute Gasteiger partial charge is 0.496 e. The van der Waals surface area contributed by atoms with Crippen molar-refractivity contribution in [1.82, 2.24) is 39.6 Å². The molecule has 270 valence electrons. The Balaban J connectivity index is 0.00000448. The van der Waals surface area contributed by atoms with E-state index < -0.39 is 0 Å². The molecule has 2 aliphatic rings. The number of hydrogen-bond donors (Lipinski definition) is 0. The normalized spacial score (nSPS) is 18.2. The summed E-state index contributed by atoms with van der Waals surface area (Å²) in [4.78, 5) is 26.3. The highest BCUT2D eigenvalue weighted by molar-refractivity contribution is 5.97. The fourth-order valence-corrected chi connectivity index (χ4v) is 7.64. The molecule has 0 bridgehead atoms. The molecule has 2 saturated heterocycles. The van der Waals surface area contributed by atoms with Crippen LogP contribution in [0.1, 0.15) is 47.7 Å². The number of hydrogen-bond acceptors (Lipinski definition) is 9. The van der Waals surface area contributed by atoms with Crippen molar-refractivity contribution >= 4 is 35.3 Å². The van der Waals surface area contributed by atoms with E-state index in [0.29, 0.717) is 44.2 Å². The molecular weight excluding hydrogens is 666 g/mol. The van der Waals surface area contributed by atoms with Gasteiger partial charge in [-0.1, -0.05) is 48.5 Å². The zero-order valence-corrected chi connectivity index (χ0v) is 30.4. The first-order valence-electron chi connectivity index (χ1n) is 17.8. The van der Waals surface area contributed by atoms with Crippen LogP contribution in [0.25, 0.3) is 11.0 Å². The van der Waals surface area contributed by atoms with Gasteiger partial charge in [-0.25, -0.2) is 9.67 Å². The summed E-state index contributed by atoms with van der Waals surface area (Å²) >= 11 is 0. The monoisotopic (exact) mass is 713 g/mol. The van der Waals surface area contributed by atoms with E-state index in [-0.39, 0.29) is 23.7 Å². The summed E-state index contributed by atoms with van der Waals surface area (Å²) in [5, 5.41) is 11.5. The standard InChI is InChI=1S/C38H47N9O3.ClH/c1-3-50-25-24-47-34-13-8-7-12-33(34)40-37(47)44-19-9-18-43(22-23-44)20-16-38(31-10-5-4-6-11-31)17-21-45(28-38)36(48)32-26-30(14-15-35(32)49-2)27-46-29-39-41-42-46;/h4-8,10-15,26,29H,3,9,16-25,27-28H2,1-2H3;1H. The molecule has 0 N–H and O–H groups in total. The number of aromatic nitrogens is 6. The van der Waals surface area contributed by atoms with Crippen LogP contribution >= 0.6 is 12.4 Å². The second kappa shape index (κ2) is 16.7. The number of likely N-dealkylation sites (tertiary alicyclic amines) is 1. The van der Waals surface area contributed by atoms with E-state index in [1.54, 1.807) is 18.1 Å². The number of nitrogens with zero attached hydrogens (tertiary/aromatic N) is 9. The second-order valence-electron chi connectivity index (χ2n) is 13.3. The van der Waals surface area contributed by atoms with Crippen LogP contribution in [-0.4, -0.2) is 112 Å². The van der Waals surface area contributed by atoms with E-state index in [1.165, 1.54) is 5.56 Å². The van der Waals surface area contributed by atoms with Crippen LogP contribution in [0, 0.1) is 0 Å². The van der Waals surface area contributed by atoms with E-state index in [2.05, 4.69) is 84.5 Å². The smallest absolute Gasteiger partial charge is 0.257 e. The number of imidazole rings is 1. The Labute approximate surface area is 305 Å². The molecule has 0 saturated carbocycles. The van der Waals surface area contributed by atoms with Crippen LogP contribution in [0.4, 0.5) is 5.95 Å². The molecule has 0 aliphatic carbocycles. The van der Waals surface area contributed by atoms with Crippen molar-refractivity contribution in [2.45, 2.75) is 44.7 Å². The third-order valence-electron chi connectivity index (χ3n) is 10.3. The third kappa shape index (κ3) is 8.03. The lowest BCUT2D eigenvalue weighted by Gasteiger charge is -2.33. The number of para-hydroxylation sites is 2. The van der Waals surface area contributed by atoms with Crippen LogP contribution in [-0.2, 0) is 23.2 Å². The van der Waals surface area contributed by atoms with Gasteiger partial charge in [0.05, 0.1) is 36.9 Å². The number of ether oxygens (including phenoxy) is 2. The lowest BCUT2D eigenvalue weighted by molar-refractivity contribution is 0.0777. The summed E-state index contributed by atoms with van der Waals surface area (Å²) in [6, 6.07) is 24.9. The molecule has 13 heteroatoms. The minimum atomic E-state index is -0.132. The van der Waals surface area contributed by atoms with E-state index in [0.717, 1.165) is 81.1 Å². The lowest BCUT2D eigenvalue weighted by Crippen LogP contribution is -2.39. The number of anilines is 1. The molecule has 1 unspecified atom stereocenters. The molecule has 5 aromatic rings.